The number of carbonyl (C=O) groups is 1. The topological polar surface area (TPSA) is 75.2 Å². The van der Waals surface area contributed by atoms with Crippen LogP contribution in [-0.2, 0) is 0 Å². The summed E-state index contributed by atoms with van der Waals surface area (Å²) >= 11 is 0. The second-order valence-corrected chi connectivity index (χ2v) is 4.32. The number of rotatable bonds is 3. The monoisotopic (exact) mass is 268 g/mol. The van der Waals surface area contributed by atoms with Gasteiger partial charge in [-0.25, -0.2) is 9.78 Å². The zero-order valence-corrected chi connectivity index (χ0v) is 10.8. The maximum Gasteiger partial charge on any atom is 0.352 e. The number of benzene rings is 1. The number of carboxylic acids is 1. The van der Waals surface area contributed by atoms with E-state index in [0.29, 0.717) is 11.0 Å². The second kappa shape index (κ2) is 4.70. The molecule has 2 heterocycles. The minimum atomic E-state index is -0.998. The molecule has 3 rings (SSSR count). The number of aromatic amines is 1. The van der Waals surface area contributed by atoms with Gasteiger partial charge in [0.2, 0.25) is 0 Å². The Hall–Kier alpha value is -2.82. The molecule has 0 spiro atoms. The Kier molecular flexibility index (Phi) is 2.87. The predicted octanol–water partition coefficient (Wildman–Crippen LogP) is 2.94. The van der Waals surface area contributed by atoms with Crippen molar-refractivity contribution in [2.24, 2.45) is 0 Å². The summed E-state index contributed by atoms with van der Waals surface area (Å²) < 4.78 is 5.31. The number of para-hydroxylation sites is 1. The molecule has 2 N–H and O–H groups in total. The Morgan fingerprint density at radius 2 is 2.05 bits per heavy atom. The highest BCUT2D eigenvalue weighted by atomic mass is 16.5. The van der Waals surface area contributed by atoms with Crippen LogP contribution in [0.1, 0.15) is 10.5 Å². The van der Waals surface area contributed by atoms with Gasteiger partial charge in [0, 0.05) is 5.56 Å². The lowest BCUT2D eigenvalue weighted by Crippen LogP contribution is -1.94. The van der Waals surface area contributed by atoms with Crippen LogP contribution in [0.25, 0.3) is 22.3 Å². The summed E-state index contributed by atoms with van der Waals surface area (Å²) in [6.45, 7) is 0. The zero-order valence-electron chi connectivity index (χ0n) is 10.8. The molecule has 0 unspecified atom stereocenters. The van der Waals surface area contributed by atoms with Crippen LogP contribution in [0.5, 0.6) is 5.75 Å². The van der Waals surface area contributed by atoms with Crippen molar-refractivity contribution in [1.29, 1.82) is 0 Å². The van der Waals surface area contributed by atoms with Gasteiger partial charge in [0.1, 0.15) is 11.4 Å². The van der Waals surface area contributed by atoms with E-state index in [2.05, 4.69) is 9.97 Å². The largest absolute Gasteiger partial charge is 0.496 e. The van der Waals surface area contributed by atoms with Gasteiger partial charge in [-0.3, -0.25) is 0 Å². The van der Waals surface area contributed by atoms with Crippen molar-refractivity contribution in [3.05, 3.63) is 48.2 Å². The molecule has 0 amide bonds. The van der Waals surface area contributed by atoms with Crippen molar-refractivity contribution in [1.82, 2.24) is 9.97 Å². The highest BCUT2D eigenvalue weighted by Crippen LogP contribution is 2.29. The maximum absolute atomic E-state index is 10.9. The minimum absolute atomic E-state index is 0.129. The van der Waals surface area contributed by atoms with Crippen LogP contribution in [0.4, 0.5) is 0 Å². The average Bonchev–Trinajstić information content (AvgIpc) is 2.90. The number of aromatic nitrogens is 2. The molecule has 0 aliphatic carbocycles. The fourth-order valence-corrected chi connectivity index (χ4v) is 2.13. The molecule has 0 fully saturated rings. The van der Waals surface area contributed by atoms with E-state index in [-0.39, 0.29) is 5.69 Å². The fraction of sp³-hybridized carbons (Fsp3) is 0.0667. The van der Waals surface area contributed by atoms with Crippen molar-refractivity contribution < 1.29 is 14.6 Å². The summed E-state index contributed by atoms with van der Waals surface area (Å²) in [5, 5.41) is 8.98. The van der Waals surface area contributed by atoms with Gasteiger partial charge in [0.15, 0.2) is 0 Å². The molecule has 0 atom stereocenters. The molecule has 2 aromatic heterocycles. The van der Waals surface area contributed by atoms with Crippen LogP contribution in [0.15, 0.2) is 42.5 Å². The van der Waals surface area contributed by atoms with Gasteiger partial charge in [0.05, 0.1) is 23.8 Å². The number of nitrogens with zero attached hydrogens (tertiary/aromatic N) is 1. The molecule has 0 saturated carbocycles. The van der Waals surface area contributed by atoms with Crippen molar-refractivity contribution in [2.75, 3.05) is 7.11 Å². The molecule has 3 aromatic rings. The fourth-order valence-electron chi connectivity index (χ4n) is 2.13. The van der Waals surface area contributed by atoms with E-state index in [1.165, 1.54) is 6.07 Å². The SMILES string of the molecule is COc1ccccc1-c1ccc2[nH]c(C(=O)O)cc2n1. The van der Waals surface area contributed by atoms with E-state index in [9.17, 15) is 4.79 Å². The van der Waals surface area contributed by atoms with Gasteiger partial charge >= 0.3 is 5.97 Å². The first-order valence-electron chi connectivity index (χ1n) is 6.05. The van der Waals surface area contributed by atoms with E-state index < -0.39 is 5.97 Å². The summed E-state index contributed by atoms with van der Waals surface area (Å²) in [6, 6.07) is 12.7. The van der Waals surface area contributed by atoms with E-state index >= 15 is 0 Å². The van der Waals surface area contributed by atoms with Crippen molar-refractivity contribution in [3.8, 4) is 17.0 Å². The van der Waals surface area contributed by atoms with E-state index in [4.69, 9.17) is 9.84 Å². The number of methoxy groups -OCH3 is 1. The normalized spacial score (nSPS) is 10.7. The lowest BCUT2D eigenvalue weighted by Gasteiger charge is -2.07. The average molecular weight is 268 g/mol. The van der Waals surface area contributed by atoms with E-state index in [1.54, 1.807) is 7.11 Å². The number of H-pyrrole nitrogens is 1. The Morgan fingerprint density at radius 1 is 1.25 bits per heavy atom. The van der Waals surface area contributed by atoms with E-state index in [1.807, 2.05) is 36.4 Å². The molecule has 0 radical (unpaired) electrons. The van der Waals surface area contributed by atoms with Gasteiger partial charge in [-0.2, -0.15) is 0 Å². The first kappa shape index (κ1) is 12.2. The molecule has 0 saturated heterocycles. The number of aromatic carboxylic acids is 1. The molecule has 20 heavy (non-hydrogen) atoms. The van der Waals surface area contributed by atoms with Gasteiger partial charge in [-0.1, -0.05) is 12.1 Å². The molecule has 0 aliphatic heterocycles. The first-order chi connectivity index (χ1) is 9.69. The van der Waals surface area contributed by atoms with Crippen LogP contribution >= 0.6 is 0 Å². The van der Waals surface area contributed by atoms with Gasteiger partial charge in [-0.15, -0.1) is 0 Å². The Balaban J connectivity index is 2.15. The van der Waals surface area contributed by atoms with Crippen LogP contribution in [0.2, 0.25) is 0 Å². The molecule has 5 nitrogen and oxygen atoms in total. The maximum atomic E-state index is 10.9. The number of carboxylic acid groups (broad SMARTS) is 1. The standard InChI is InChI=1S/C15H12N2O3/c1-20-14-5-3-2-4-9(14)10-6-7-11-12(16-10)8-13(17-11)15(18)19/h2-8,17H,1H3,(H,18,19). The molecule has 100 valence electrons. The third-order valence-corrected chi connectivity index (χ3v) is 3.09. The third-order valence-electron chi connectivity index (χ3n) is 3.09. The van der Waals surface area contributed by atoms with Crippen LogP contribution in [0, 0.1) is 0 Å². The van der Waals surface area contributed by atoms with Crippen LogP contribution in [-0.4, -0.2) is 28.2 Å². The summed E-state index contributed by atoms with van der Waals surface area (Å²) in [5.74, 6) is -0.268. The Morgan fingerprint density at radius 3 is 2.80 bits per heavy atom. The Labute approximate surface area is 114 Å². The third kappa shape index (κ3) is 1.99. The predicted molar refractivity (Wildman–Crippen MR) is 75.0 cm³/mol. The minimum Gasteiger partial charge on any atom is -0.496 e. The quantitative estimate of drug-likeness (QED) is 0.765. The van der Waals surface area contributed by atoms with Gasteiger partial charge in [0.25, 0.3) is 0 Å². The van der Waals surface area contributed by atoms with Crippen LogP contribution in [0.3, 0.4) is 0 Å². The van der Waals surface area contributed by atoms with Crippen molar-refractivity contribution >= 4 is 17.0 Å². The first-order valence-corrected chi connectivity index (χ1v) is 6.05. The number of hydrogen-bond donors (Lipinski definition) is 2. The zero-order chi connectivity index (χ0) is 14.1. The molecule has 0 bridgehead atoms. The summed E-state index contributed by atoms with van der Waals surface area (Å²) in [4.78, 5) is 18.2. The van der Waals surface area contributed by atoms with Crippen LogP contribution < -0.4 is 4.74 Å². The Bertz CT molecular complexity index is 793. The van der Waals surface area contributed by atoms with Gasteiger partial charge in [-0.05, 0) is 30.3 Å². The summed E-state index contributed by atoms with van der Waals surface area (Å²) in [7, 11) is 1.61. The molecule has 1 aromatic carbocycles. The molecule has 5 heteroatoms. The number of ether oxygens (including phenoxy) is 1. The van der Waals surface area contributed by atoms with Gasteiger partial charge < -0.3 is 14.8 Å². The number of pyridine rings is 1. The highest BCUT2D eigenvalue weighted by molar-refractivity contribution is 5.93. The lowest BCUT2D eigenvalue weighted by atomic mass is 10.1. The number of fused-ring (bicyclic) bond motifs is 1. The van der Waals surface area contributed by atoms with Crippen molar-refractivity contribution in [2.45, 2.75) is 0 Å². The second-order valence-electron chi connectivity index (χ2n) is 4.32. The number of hydrogen-bond acceptors (Lipinski definition) is 3. The summed E-state index contributed by atoms with van der Waals surface area (Å²) in [5.41, 5.74) is 3.05. The molecule has 0 aliphatic rings. The van der Waals surface area contributed by atoms with Crippen molar-refractivity contribution in [3.63, 3.8) is 0 Å². The number of nitrogens with one attached hydrogen (secondary N) is 1. The highest BCUT2D eigenvalue weighted by Gasteiger charge is 2.11. The molecular weight excluding hydrogens is 256 g/mol. The van der Waals surface area contributed by atoms with E-state index in [0.717, 1.165) is 17.0 Å². The summed E-state index contributed by atoms with van der Waals surface area (Å²) in [6.07, 6.45) is 0. The molecular formula is C15H12N2O3. The smallest absolute Gasteiger partial charge is 0.352 e. The lowest BCUT2D eigenvalue weighted by molar-refractivity contribution is 0.0691.